The summed E-state index contributed by atoms with van der Waals surface area (Å²) in [5.74, 6) is 1.81. The fourth-order valence-corrected chi connectivity index (χ4v) is 4.25. The molecule has 1 aliphatic rings. The second kappa shape index (κ2) is 9.06. The van der Waals surface area contributed by atoms with Gasteiger partial charge in [-0.05, 0) is 43.5 Å². The summed E-state index contributed by atoms with van der Waals surface area (Å²) in [7, 11) is 3.53. The zero-order valence-electron chi connectivity index (χ0n) is 18.1. The van der Waals surface area contributed by atoms with Crippen molar-refractivity contribution < 1.29 is 9.53 Å². The Bertz CT molecular complexity index is 1210. The Hall–Kier alpha value is -3.93. The first-order chi connectivity index (χ1) is 15.5. The lowest BCUT2D eigenvalue weighted by Gasteiger charge is -2.29. The number of ether oxygens (including phenoxy) is 1. The number of carbonyl (C=O) groups excluding carboxylic acids is 1. The van der Waals surface area contributed by atoms with Crippen molar-refractivity contribution in [3.8, 4) is 5.88 Å². The number of imidazole rings is 1. The monoisotopic (exact) mass is 431 g/mol. The molecule has 2 N–H and O–H groups in total. The lowest BCUT2D eigenvalue weighted by atomic mass is 9.85. The molecule has 0 unspecified atom stereocenters. The normalized spacial score (nSPS) is 18.0. The number of hydrogen-bond donors (Lipinski definition) is 2. The molecule has 2 aromatic heterocycles. The maximum absolute atomic E-state index is 11.6. The number of amides is 1. The molecule has 9 heteroatoms. The Morgan fingerprint density at radius 1 is 1.38 bits per heavy atom. The van der Waals surface area contributed by atoms with Crippen LogP contribution in [0.1, 0.15) is 37.4 Å². The van der Waals surface area contributed by atoms with Crippen LogP contribution in [0.25, 0.3) is 15.9 Å². The number of hydrogen-bond acceptors (Lipinski definition) is 6. The Morgan fingerprint density at radius 3 is 2.97 bits per heavy atom. The van der Waals surface area contributed by atoms with E-state index in [1.165, 1.54) is 19.4 Å². The van der Waals surface area contributed by atoms with Crippen LogP contribution < -0.4 is 15.4 Å². The van der Waals surface area contributed by atoms with Crippen LogP contribution >= 0.6 is 0 Å². The molecule has 0 saturated heterocycles. The Kier molecular flexibility index (Phi) is 6.03. The first-order valence-corrected chi connectivity index (χ1v) is 10.5. The highest BCUT2D eigenvalue weighted by Crippen LogP contribution is 2.35. The molecular weight excluding hydrogens is 406 g/mol. The van der Waals surface area contributed by atoms with Gasteiger partial charge in [0.1, 0.15) is 5.82 Å². The van der Waals surface area contributed by atoms with Gasteiger partial charge in [-0.15, -0.1) is 0 Å². The number of nitrogens with one attached hydrogen (secondary N) is 2. The van der Waals surface area contributed by atoms with Gasteiger partial charge in [0.15, 0.2) is 0 Å². The molecule has 3 aromatic rings. The minimum Gasteiger partial charge on any atom is -0.490 e. The fourth-order valence-electron chi connectivity index (χ4n) is 4.25. The molecule has 1 amide bonds. The van der Waals surface area contributed by atoms with E-state index in [9.17, 15) is 4.79 Å². The van der Waals surface area contributed by atoms with Crippen molar-refractivity contribution in [2.75, 3.05) is 17.7 Å². The Balaban J connectivity index is 1.53. The quantitative estimate of drug-likeness (QED) is 0.449. The molecule has 4 rings (SSSR count). The zero-order chi connectivity index (χ0) is 22.7. The van der Waals surface area contributed by atoms with Gasteiger partial charge in [0.2, 0.25) is 17.7 Å². The van der Waals surface area contributed by atoms with E-state index in [1.54, 1.807) is 0 Å². The summed E-state index contributed by atoms with van der Waals surface area (Å²) in [6.45, 7) is 10.7. The molecule has 1 fully saturated rings. The van der Waals surface area contributed by atoms with Gasteiger partial charge in [-0.3, -0.25) is 4.79 Å². The molecule has 0 radical (unpaired) electrons. The predicted molar refractivity (Wildman–Crippen MR) is 123 cm³/mol. The van der Waals surface area contributed by atoms with E-state index in [-0.39, 0.29) is 23.7 Å². The minimum atomic E-state index is -0.245. The number of nitrogens with zero attached hydrogens (tertiary/aromatic N) is 5. The van der Waals surface area contributed by atoms with Crippen molar-refractivity contribution >= 4 is 34.3 Å². The van der Waals surface area contributed by atoms with E-state index in [0.29, 0.717) is 17.3 Å². The number of aryl methyl sites for hydroxylation is 1. The molecule has 1 aromatic carbocycles. The smallest absolute Gasteiger partial charge is 0.264 e. The van der Waals surface area contributed by atoms with Crippen molar-refractivity contribution in [2.45, 2.75) is 37.6 Å². The molecule has 0 spiro atoms. The van der Waals surface area contributed by atoms with Crippen LogP contribution in [0.3, 0.4) is 0 Å². The Labute approximate surface area is 186 Å². The van der Waals surface area contributed by atoms with Gasteiger partial charge in [0.05, 0.1) is 24.7 Å². The first-order valence-electron chi connectivity index (χ1n) is 10.5. The third kappa shape index (κ3) is 4.25. The van der Waals surface area contributed by atoms with Gasteiger partial charge >= 0.3 is 0 Å². The molecule has 1 aliphatic carbocycles. The van der Waals surface area contributed by atoms with Crippen LogP contribution in [0, 0.1) is 6.57 Å². The summed E-state index contributed by atoms with van der Waals surface area (Å²) in [5.41, 5.74) is 2.86. The molecule has 2 heterocycles. The molecule has 2 atom stereocenters. The topological polar surface area (TPSA) is 98.3 Å². The highest BCUT2D eigenvalue weighted by Gasteiger charge is 2.27. The number of methoxy groups -OCH3 is 1. The number of rotatable bonds is 6. The van der Waals surface area contributed by atoms with Crippen LogP contribution in [0.4, 0.5) is 17.3 Å². The van der Waals surface area contributed by atoms with Gasteiger partial charge in [-0.25, -0.2) is 14.8 Å². The fraction of sp³-hybridized carbons (Fsp3) is 0.348. The molecule has 0 bridgehead atoms. The van der Waals surface area contributed by atoms with Crippen molar-refractivity contribution in [2.24, 2.45) is 7.05 Å². The van der Waals surface area contributed by atoms with Gasteiger partial charge in [0.25, 0.3) is 5.69 Å². The average molecular weight is 432 g/mol. The van der Waals surface area contributed by atoms with Crippen molar-refractivity contribution in [1.29, 1.82) is 0 Å². The summed E-state index contributed by atoms with van der Waals surface area (Å²) < 4.78 is 7.33. The van der Waals surface area contributed by atoms with E-state index >= 15 is 0 Å². The highest BCUT2D eigenvalue weighted by atomic mass is 16.5. The van der Waals surface area contributed by atoms with E-state index in [4.69, 9.17) is 16.3 Å². The molecule has 9 nitrogen and oxygen atoms in total. The van der Waals surface area contributed by atoms with Crippen LogP contribution in [0.2, 0.25) is 0 Å². The lowest BCUT2D eigenvalue weighted by molar-refractivity contribution is -0.111. The zero-order valence-corrected chi connectivity index (χ0v) is 18.1. The van der Waals surface area contributed by atoms with E-state index in [0.717, 1.165) is 42.5 Å². The summed E-state index contributed by atoms with van der Waals surface area (Å²) in [5, 5.41) is 6.18. The first kappa shape index (κ1) is 21.3. The third-order valence-corrected chi connectivity index (χ3v) is 5.79. The number of anilines is 2. The molecular formula is C23H25N7O2. The van der Waals surface area contributed by atoms with Crippen LogP contribution in [0.5, 0.6) is 5.88 Å². The minimum absolute atomic E-state index is 0.194. The van der Waals surface area contributed by atoms with Gasteiger partial charge in [-0.2, -0.15) is 4.98 Å². The number of fused-ring (bicyclic) bond motifs is 1. The van der Waals surface area contributed by atoms with E-state index < -0.39 is 0 Å². The van der Waals surface area contributed by atoms with Gasteiger partial charge in [0, 0.05) is 30.9 Å². The molecule has 32 heavy (non-hydrogen) atoms. The SMILES string of the molecule is [C-]#[N+]c1cnc(N[C@@H]2CCC[C@H](c3nc4cc(NC(=O)C=C)ccc4n3C)C2)nc1OC. The van der Waals surface area contributed by atoms with E-state index in [2.05, 4.69) is 36.6 Å². The molecule has 0 aliphatic heterocycles. The second-order valence-electron chi connectivity index (χ2n) is 7.83. The summed E-state index contributed by atoms with van der Waals surface area (Å²) >= 11 is 0. The van der Waals surface area contributed by atoms with Crippen LogP contribution in [-0.2, 0) is 11.8 Å². The predicted octanol–water partition coefficient (Wildman–Crippen LogP) is 4.19. The van der Waals surface area contributed by atoms with Crippen molar-refractivity contribution in [3.05, 3.63) is 54.3 Å². The summed E-state index contributed by atoms with van der Waals surface area (Å²) in [4.78, 5) is 28.5. The molecule has 1 saturated carbocycles. The van der Waals surface area contributed by atoms with Gasteiger partial charge in [-0.1, -0.05) is 13.0 Å². The van der Waals surface area contributed by atoms with Crippen LogP contribution in [0.15, 0.2) is 37.1 Å². The summed E-state index contributed by atoms with van der Waals surface area (Å²) in [6.07, 6.45) is 6.75. The highest BCUT2D eigenvalue weighted by molar-refractivity contribution is 6.00. The average Bonchev–Trinajstić information content (AvgIpc) is 3.14. The van der Waals surface area contributed by atoms with Gasteiger partial charge < -0.3 is 19.9 Å². The number of carbonyl (C=O) groups is 1. The Morgan fingerprint density at radius 2 is 2.22 bits per heavy atom. The third-order valence-electron chi connectivity index (χ3n) is 5.79. The van der Waals surface area contributed by atoms with E-state index in [1.807, 2.05) is 25.2 Å². The summed E-state index contributed by atoms with van der Waals surface area (Å²) in [6, 6.07) is 5.93. The van der Waals surface area contributed by atoms with Crippen molar-refractivity contribution in [3.63, 3.8) is 0 Å². The lowest BCUT2D eigenvalue weighted by Crippen LogP contribution is -2.28. The standard InChI is InChI=1S/C23H25N7O2/c1-5-20(31)26-16-9-10-19-17(12-16)28-21(30(19)3)14-7-6-8-15(11-14)27-23-25-13-18(24-2)22(29-23)32-4/h5,9-10,12-15H,1,6-8,11H2,3-4H3,(H,26,31)(H,25,27,29)/t14-,15+/m0/s1. The maximum Gasteiger partial charge on any atom is 0.264 e. The van der Waals surface area contributed by atoms with Crippen LogP contribution in [-0.4, -0.2) is 38.6 Å². The molecule has 164 valence electrons. The maximum atomic E-state index is 11.6. The number of aromatic nitrogens is 4. The van der Waals surface area contributed by atoms with Crippen molar-refractivity contribution in [1.82, 2.24) is 19.5 Å². The second-order valence-corrected chi connectivity index (χ2v) is 7.83. The number of benzene rings is 1. The largest absolute Gasteiger partial charge is 0.490 e.